The zero-order valence-electron chi connectivity index (χ0n) is 13.8. The maximum absolute atomic E-state index is 10.9. The molecule has 4 heteroatoms. The molecule has 1 rings (SSSR count). The first-order chi connectivity index (χ1) is 9.50. The summed E-state index contributed by atoms with van der Waals surface area (Å²) >= 11 is 11.7. The van der Waals surface area contributed by atoms with Crippen LogP contribution in [0.1, 0.15) is 54.0 Å². The second-order valence-electron chi connectivity index (χ2n) is 3.16. The summed E-state index contributed by atoms with van der Waals surface area (Å²) in [5, 5.41) is 1.13. The second-order valence-corrected chi connectivity index (χ2v) is 4.00. The van der Waals surface area contributed by atoms with Gasteiger partial charge in [-0.3, -0.25) is 4.79 Å². The molecule has 0 saturated carbocycles. The number of nitrogens with two attached hydrogens (primary N) is 1. The van der Waals surface area contributed by atoms with Gasteiger partial charge in [-0.15, -0.1) is 0 Å². The van der Waals surface area contributed by atoms with Crippen LogP contribution in [0.15, 0.2) is 18.2 Å². The van der Waals surface area contributed by atoms with Crippen molar-refractivity contribution < 1.29 is 4.79 Å². The van der Waals surface area contributed by atoms with E-state index in [0.717, 1.165) is 5.56 Å². The van der Waals surface area contributed by atoms with Crippen molar-refractivity contribution in [2.24, 2.45) is 5.73 Å². The summed E-state index contributed by atoms with van der Waals surface area (Å²) in [7, 11) is 0. The van der Waals surface area contributed by atoms with Crippen LogP contribution in [0.2, 0.25) is 10.0 Å². The van der Waals surface area contributed by atoms with Gasteiger partial charge in [0.2, 0.25) is 0 Å². The highest BCUT2D eigenvalue weighted by Crippen LogP contribution is 2.21. The van der Waals surface area contributed by atoms with Crippen molar-refractivity contribution in [3.63, 3.8) is 0 Å². The maximum atomic E-state index is 10.9. The van der Waals surface area contributed by atoms with E-state index in [0.29, 0.717) is 16.5 Å². The first-order valence-electron chi connectivity index (χ1n) is 7.20. The first-order valence-corrected chi connectivity index (χ1v) is 7.96. The lowest BCUT2D eigenvalue weighted by molar-refractivity contribution is -0.118. The van der Waals surface area contributed by atoms with Crippen LogP contribution in [-0.2, 0) is 11.2 Å². The Hall–Kier alpha value is -0.570. The Balaban J connectivity index is -0.000000425. The molecule has 1 unspecified atom stereocenters. The van der Waals surface area contributed by atoms with Crippen LogP contribution < -0.4 is 5.73 Å². The Labute approximate surface area is 134 Å². The Kier molecular flexibility index (Phi) is 20.2. The minimum absolute atomic E-state index is 0.0454. The highest BCUT2D eigenvalue weighted by molar-refractivity contribution is 6.35. The molecule has 2 nitrogen and oxygen atoms in total. The van der Waals surface area contributed by atoms with Crippen LogP contribution in [0.5, 0.6) is 0 Å². The van der Waals surface area contributed by atoms with Gasteiger partial charge in [-0.2, -0.15) is 0 Å². The number of carbonyl (C=O) groups is 1. The molecule has 0 amide bonds. The molecular weight excluding hydrogens is 293 g/mol. The summed E-state index contributed by atoms with van der Waals surface area (Å²) in [5.41, 5.74) is 6.46. The van der Waals surface area contributed by atoms with Gasteiger partial charge in [0.15, 0.2) is 0 Å². The SMILES string of the molecule is CC.CC.CC.CC(=O)C(N)Cc1ccc(Cl)cc1Cl. The Morgan fingerprint density at radius 2 is 1.55 bits per heavy atom. The van der Waals surface area contributed by atoms with Crippen molar-refractivity contribution >= 4 is 29.0 Å². The van der Waals surface area contributed by atoms with Crippen molar-refractivity contribution in [3.8, 4) is 0 Å². The van der Waals surface area contributed by atoms with Crippen LogP contribution in [0.3, 0.4) is 0 Å². The van der Waals surface area contributed by atoms with E-state index in [-0.39, 0.29) is 5.78 Å². The summed E-state index contributed by atoms with van der Waals surface area (Å²) in [4.78, 5) is 10.9. The molecule has 0 aliphatic heterocycles. The van der Waals surface area contributed by atoms with Gasteiger partial charge in [0, 0.05) is 10.0 Å². The van der Waals surface area contributed by atoms with E-state index in [4.69, 9.17) is 28.9 Å². The molecule has 1 aromatic carbocycles. The third-order valence-corrected chi connectivity index (χ3v) is 2.56. The van der Waals surface area contributed by atoms with Gasteiger partial charge in [-0.25, -0.2) is 0 Å². The standard InChI is InChI=1S/C10H11Cl2NO.3C2H6/c1-6(14)10(13)4-7-2-3-8(11)5-9(7)12;3*1-2/h2-3,5,10H,4,13H2,1H3;3*1-2H3. The molecule has 0 aliphatic carbocycles. The van der Waals surface area contributed by atoms with Crippen molar-refractivity contribution in [1.82, 2.24) is 0 Å². The van der Waals surface area contributed by atoms with E-state index in [1.165, 1.54) is 6.92 Å². The Bertz CT molecular complexity index is 354. The van der Waals surface area contributed by atoms with Gasteiger partial charge >= 0.3 is 0 Å². The van der Waals surface area contributed by atoms with Crippen LogP contribution >= 0.6 is 23.2 Å². The number of hydrogen-bond acceptors (Lipinski definition) is 2. The smallest absolute Gasteiger partial charge is 0.146 e. The van der Waals surface area contributed by atoms with Gasteiger partial charge in [-0.1, -0.05) is 70.8 Å². The molecule has 0 spiro atoms. The lowest BCUT2D eigenvalue weighted by Crippen LogP contribution is -2.30. The van der Waals surface area contributed by atoms with E-state index in [1.807, 2.05) is 41.5 Å². The number of rotatable bonds is 3. The Morgan fingerprint density at radius 3 is 1.90 bits per heavy atom. The fourth-order valence-corrected chi connectivity index (χ4v) is 1.55. The number of benzene rings is 1. The molecular formula is C16H29Cl2NO. The van der Waals surface area contributed by atoms with Crippen LogP contribution in [-0.4, -0.2) is 11.8 Å². The summed E-state index contributed by atoms with van der Waals surface area (Å²) in [6.07, 6.45) is 0.450. The molecule has 0 aliphatic rings. The van der Waals surface area contributed by atoms with Crippen molar-refractivity contribution in [3.05, 3.63) is 33.8 Å². The fourth-order valence-electron chi connectivity index (χ4n) is 1.07. The minimum atomic E-state index is -0.492. The van der Waals surface area contributed by atoms with E-state index in [9.17, 15) is 4.79 Å². The number of halogens is 2. The summed E-state index contributed by atoms with van der Waals surface area (Å²) in [5.74, 6) is -0.0454. The predicted molar refractivity (Wildman–Crippen MR) is 92.9 cm³/mol. The van der Waals surface area contributed by atoms with Crippen molar-refractivity contribution in [2.75, 3.05) is 0 Å². The third kappa shape index (κ3) is 11.3. The van der Waals surface area contributed by atoms with Crippen molar-refractivity contribution in [2.45, 2.75) is 60.9 Å². The molecule has 2 N–H and O–H groups in total. The van der Waals surface area contributed by atoms with Gasteiger partial charge in [-0.05, 0) is 31.0 Å². The van der Waals surface area contributed by atoms with Gasteiger partial charge in [0.1, 0.15) is 5.78 Å². The minimum Gasteiger partial charge on any atom is -0.321 e. The van der Waals surface area contributed by atoms with Crippen LogP contribution in [0.4, 0.5) is 0 Å². The molecule has 1 atom stereocenters. The quantitative estimate of drug-likeness (QED) is 0.795. The zero-order chi connectivity index (χ0) is 16.7. The van der Waals surface area contributed by atoms with Crippen LogP contribution in [0, 0.1) is 0 Å². The molecule has 1 aromatic rings. The molecule has 20 heavy (non-hydrogen) atoms. The van der Waals surface area contributed by atoms with Gasteiger partial charge < -0.3 is 5.73 Å². The lowest BCUT2D eigenvalue weighted by Gasteiger charge is -2.09. The third-order valence-electron chi connectivity index (χ3n) is 1.98. The summed E-state index contributed by atoms with van der Waals surface area (Å²) in [6.45, 7) is 13.5. The average molecular weight is 322 g/mol. The number of ketones is 1. The van der Waals surface area contributed by atoms with Gasteiger partial charge in [0.25, 0.3) is 0 Å². The number of carbonyl (C=O) groups excluding carboxylic acids is 1. The van der Waals surface area contributed by atoms with E-state index < -0.39 is 6.04 Å². The molecule has 0 heterocycles. The monoisotopic (exact) mass is 321 g/mol. The fraction of sp³-hybridized carbons (Fsp3) is 0.562. The zero-order valence-corrected chi connectivity index (χ0v) is 15.3. The molecule has 118 valence electrons. The summed E-state index contributed by atoms with van der Waals surface area (Å²) in [6, 6.07) is 4.67. The second kappa shape index (κ2) is 16.5. The average Bonchev–Trinajstić information content (AvgIpc) is 2.48. The summed E-state index contributed by atoms with van der Waals surface area (Å²) < 4.78 is 0. The van der Waals surface area contributed by atoms with Crippen LogP contribution in [0.25, 0.3) is 0 Å². The maximum Gasteiger partial charge on any atom is 0.146 e. The first kappa shape index (κ1) is 24.4. The number of hydrogen-bond donors (Lipinski definition) is 1. The predicted octanol–water partition coefficient (Wildman–Crippen LogP) is 5.53. The number of Topliss-reactive ketones (excluding diaryl/α,β-unsaturated/α-hetero) is 1. The molecule has 0 radical (unpaired) electrons. The van der Waals surface area contributed by atoms with E-state index in [1.54, 1.807) is 18.2 Å². The highest BCUT2D eigenvalue weighted by atomic mass is 35.5. The largest absolute Gasteiger partial charge is 0.321 e. The molecule has 0 bridgehead atoms. The lowest BCUT2D eigenvalue weighted by atomic mass is 10.0. The topological polar surface area (TPSA) is 43.1 Å². The van der Waals surface area contributed by atoms with Gasteiger partial charge in [0.05, 0.1) is 6.04 Å². The normalized spacial score (nSPS) is 9.70. The highest BCUT2D eigenvalue weighted by Gasteiger charge is 2.11. The molecule has 0 saturated heterocycles. The van der Waals surface area contributed by atoms with E-state index in [2.05, 4.69) is 0 Å². The Morgan fingerprint density at radius 1 is 1.10 bits per heavy atom. The molecule has 0 aromatic heterocycles. The van der Waals surface area contributed by atoms with Crippen molar-refractivity contribution in [1.29, 1.82) is 0 Å². The van der Waals surface area contributed by atoms with E-state index >= 15 is 0 Å². The molecule has 0 fully saturated rings.